The Balaban J connectivity index is 2.97. The number of hydrogen-bond acceptors (Lipinski definition) is 1. The predicted molar refractivity (Wildman–Crippen MR) is 75.1 cm³/mol. The Labute approximate surface area is 116 Å². The summed E-state index contributed by atoms with van der Waals surface area (Å²) in [6, 6.07) is 3.65. The summed E-state index contributed by atoms with van der Waals surface area (Å²) in [5.41, 5.74) is 0.661. The quantitative estimate of drug-likeness (QED) is 0.720. The molecule has 0 aliphatic carbocycles. The second-order valence-corrected chi connectivity index (χ2v) is 5.29. The van der Waals surface area contributed by atoms with E-state index in [1.807, 2.05) is 0 Å². The average Bonchev–Trinajstić information content (AvgIpc) is 2.32. The van der Waals surface area contributed by atoms with E-state index in [1.165, 1.54) is 0 Å². The molecule has 1 N–H and O–H groups in total. The first-order valence-corrected chi connectivity index (χ1v) is 7.15. The van der Waals surface area contributed by atoms with Gasteiger partial charge in [-0.3, -0.25) is 0 Å². The van der Waals surface area contributed by atoms with E-state index in [2.05, 4.69) is 35.1 Å². The normalized spacial score (nSPS) is 12.8. The van der Waals surface area contributed by atoms with Gasteiger partial charge in [0.1, 0.15) is 5.82 Å². The largest absolute Gasteiger partial charge is 0.310 e. The van der Waals surface area contributed by atoms with Gasteiger partial charge in [0.15, 0.2) is 0 Å². The summed E-state index contributed by atoms with van der Waals surface area (Å²) in [7, 11) is 0. The van der Waals surface area contributed by atoms with Crippen LogP contribution in [0, 0.1) is 5.82 Å². The number of hydrogen-bond donors (Lipinski definition) is 1. The first-order chi connectivity index (χ1) is 8.11. The van der Waals surface area contributed by atoms with E-state index in [1.54, 1.807) is 12.1 Å². The van der Waals surface area contributed by atoms with Crippen LogP contribution in [0.4, 0.5) is 4.39 Å². The maximum Gasteiger partial charge on any atom is 0.147 e. The van der Waals surface area contributed by atoms with E-state index in [0.717, 1.165) is 25.8 Å². The molecular formula is C13H18BrClFN. The highest BCUT2D eigenvalue weighted by Gasteiger charge is 2.17. The molecule has 1 atom stereocenters. The molecule has 0 aliphatic heterocycles. The molecule has 4 heteroatoms. The Morgan fingerprint density at radius 3 is 2.65 bits per heavy atom. The molecule has 0 aromatic heterocycles. The number of rotatable bonds is 6. The molecule has 1 rings (SSSR count). The molecule has 1 unspecified atom stereocenters. The van der Waals surface area contributed by atoms with Crippen LogP contribution < -0.4 is 5.32 Å². The van der Waals surface area contributed by atoms with Gasteiger partial charge in [0, 0.05) is 16.1 Å². The van der Waals surface area contributed by atoms with Crippen molar-refractivity contribution in [2.24, 2.45) is 0 Å². The Morgan fingerprint density at radius 2 is 2.06 bits per heavy atom. The highest BCUT2D eigenvalue weighted by Crippen LogP contribution is 2.31. The fraction of sp³-hybridized carbons (Fsp3) is 0.538. The molecule has 0 bridgehead atoms. The van der Waals surface area contributed by atoms with Gasteiger partial charge in [0.2, 0.25) is 0 Å². The zero-order valence-corrected chi connectivity index (χ0v) is 12.5. The number of benzene rings is 1. The molecular weight excluding hydrogens is 305 g/mol. The van der Waals surface area contributed by atoms with Gasteiger partial charge in [0.05, 0.1) is 5.02 Å². The molecule has 0 spiro atoms. The SMILES string of the molecule is CCCNC(CCC)c1ccc(Br)c(Cl)c1F. The highest BCUT2D eigenvalue weighted by molar-refractivity contribution is 9.10. The zero-order chi connectivity index (χ0) is 12.8. The highest BCUT2D eigenvalue weighted by atomic mass is 79.9. The summed E-state index contributed by atoms with van der Waals surface area (Å²) in [6.07, 6.45) is 2.95. The second-order valence-electron chi connectivity index (χ2n) is 4.06. The fourth-order valence-electron chi connectivity index (χ4n) is 1.78. The third kappa shape index (κ3) is 3.94. The maximum atomic E-state index is 14.1. The van der Waals surface area contributed by atoms with Crippen molar-refractivity contribution in [2.75, 3.05) is 6.54 Å². The molecule has 17 heavy (non-hydrogen) atoms. The summed E-state index contributed by atoms with van der Waals surface area (Å²) >= 11 is 9.14. The third-order valence-electron chi connectivity index (χ3n) is 2.66. The first kappa shape index (κ1) is 14.9. The topological polar surface area (TPSA) is 12.0 Å². The van der Waals surface area contributed by atoms with Crippen molar-refractivity contribution in [3.63, 3.8) is 0 Å². The summed E-state index contributed by atoms with van der Waals surface area (Å²) < 4.78 is 14.7. The molecule has 0 heterocycles. The lowest BCUT2D eigenvalue weighted by Crippen LogP contribution is -2.23. The summed E-state index contributed by atoms with van der Waals surface area (Å²) in [5.74, 6) is -0.317. The van der Waals surface area contributed by atoms with Gasteiger partial charge in [-0.05, 0) is 41.4 Å². The molecule has 0 aliphatic rings. The minimum atomic E-state index is -0.317. The molecule has 1 aromatic rings. The van der Waals surface area contributed by atoms with Crippen molar-refractivity contribution >= 4 is 27.5 Å². The van der Waals surface area contributed by atoms with E-state index in [0.29, 0.717) is 10.0 Å². The first-order valence-electron chi connectivity index (χ1n) is 5.98. The van der Waals surface area contributed by atoms with E-state index in [9.17, 15) is 4.39 Å². The molecule has 96 valence electrons. The summed E-state index contributed by atoms with van der Waals surface area (Å²) in [6.45, 7) is 5.08. The monoisotopic (exact) mass is 321 g/mol. The Hall–Kier alpha value is -0.120. The van der Waals surface area contributed by atoms with Crippen LogP contribution >= 0.6 is 27.5 Å². The zero-order valence-electron chi connectivity index (χ0n) is 10.2. The van der Waals surface area contributed by atoms with Crippen molar-refractivity contribution in [2.45, 2.75) is 39.2 Å². The molecule has 0 amide bonds. The number of nitrogens with one attached hydrogen (secondary N) is 1. The van der Waals surface area contributed by atoms with Crippen molar-refractivity contribution in [3.8, 4) is 0 Å². The van der Waals surface area contributed by atoms with Gasteiger partial charge >= 0.3 is 0 Å². The predicted octanol–water partition coefficient (Wildman–Crippen LogP) is 5.08. The van der Waals surface area contributed by atoms with Crippen LogP contribution in [0.25, 0.3) is 0 Å². The molecule has 0 saturated heterocycles. The van der Waals surface area contributed by atoms with Gasteiger partial charge in [0.25, 0.3) is 0 Å². The second kappa shape index (κ2) is 7.34. The number of halogens is 3. The van der Waals surface area contributed by atoms with Gasteiger partial charge in [-0.2, -0.15) is 0 Å². The smallest absolute Gasteiger partial charge is 0.147 e. The van der Waals surface area contributed by atoms with Crippen LogP contribution in [0.1, 0.15) is 44.7 Å². The lowest BCUT2D eigenvalue weighted by molar-refractivity contribution is 0.469. The summed E-state index contributed by atoms with van der Waals surface area (Å²) in [5, 5.41) is 3.53. The van der Waals surface area contributed by atoms with Crippen LogP contribution in [0.5, 0.6) is 0 Å². The van der Waals surface area contributed by atoms with Crippen LogP contribution in [0.3, 0.4) is 0 Å². The van der Waals surface area contributed by atoms with Crippen LogP contribution in [-0.4, -0.2) is 6.54 Å². The van der Waals surface area contributed by atoms with Crippen molar-refractivity contribution in [3.05, 3.63) is 33.0 Å². The van der Waals surface area contributed by atoms with Crippen LogP contribution in [0.15, 0.2) is 16.6 Å². The van der Waals surface area contributed by atoms with Crippen molar-refractivity contribution in [1.29, 1.82) is 0 Å². The third-order valence-corrected chi connectivity index (χ3v) is 3.92. The Bertz CT molecular complexity index is 371. The van der Waals surface area contributed by atoms with E-state index in [-0.39, 0.29) is 16.9 Å². The van der Waals surface area contributed by atoms with Crippen LogP contribution in [0.2, 0.25) is 5.02 Å². The van der Waals surface area contributed by atoms with Crippen molar-refractivity contribution in [1.82, 2.24) is 5.32 Å². The lowest BCUT2D eigenvalue weighted by atomic mass is 10.0. The fourth-order valence-corrected chi connectivity index (χ4v) is 2.26. The molecule has 0 fully saturated rings. The Kier molecular flexibility index (Phi) is 6.45. The standard InChI is InChI=1S/C13H18BrClFN/c1-3-5-11(17-8-4-2)9-6-7-10(14)12(15)13(9)16/h6-7,11,17H,3-5,8H2,1-2H3. The van der Waals surface area contributed by atoms with E-state index >= 15 is 0 Å². The maximum absolute atomic E-state index is 14.1. The summed E-state index contributed by atoms with van der Waals surface area (Å²) in [4.78, 5) is 0. The van der Waals surface area contributed by atoms with Gasteiger partial charge in [-0.15, -0.1) is 0 Å². The van der Waals surface area contributed by atoms with Crippen molar-refractivity contribution < 1.29 is 4.39 Å². The minimum absolute atomic E-state index is 0.0468. The average molecular weight is 323 g/mol. The van der Waals surface area contributed by atoms with E-state index < -0.39 is 0 Å². The van der Waals surface area contributed by atoms with Gasteiger partial charge in [-0.25, -0.2) is 4.39 Å². The molecule has 0 radical (unpaired) electrons. The molecule has 1 aromatic carbocycles. The van der Waals surface area contributed by atoms with E-state index in [4.69, 9.17) is 11.6 Å². The molecule has 1 nitrogen and oxygen atoms in total. The van der Waals surface area contributed by atoms with Crippen LogP contribution in [-0.2, 0) is 0 Å². The van der Waals surface area contributed by atoms with Gasteiger partial charge < -0.3 is 5.32 Å². The minimum Gasteiger partial charge on any atom is -0.310 e. The Morgan fingerprint density at radius 1 is 1.35 bits per heavy atom. The molecule has 0 saturated carbocycles. The van der Waals surface area contributed by atoms with Gasteiger partial charge in [-0.1, -0.05) is 37.9 Å². The lowest BCUT2D eigenvalue weighted by Gasteiger charge is -2.19.